The van der Waals surface area contributed by atoms with Crippen molar-refractivity contribution < 1.29 is 24.5 Å². The number of carbonyl (C=O) groups excluding carboxylic acids is 2. The van der Waals surface area contributed by atoms with Gasteiger partial charge in [0.1, 0.15) is 0 Å². The number of aliphatic hydroxyl groups excluding tert-OH is 2. The van der Waals surface area contributed by atoms with Gasteiger partial charge in [0.25, 0.3) is 0 Å². The van der Waals surface area contributed by atoms with Crippen molar-refractivity contribution in [2.24, 2.45) is 0 Å². The van der Waals surface area contributed by atoms with Gasteiger partial charge in [0.15, 0.2) is 0 Å². The van der Waals surface area contributed by atoms with Crippen LogP contribution >= 0.6 is 0 Å². The Hall–Kier alpha value is -1.66. The topological polar surface area (TPSA) is 95.9 Å². The van der Waals surface area contributed by atoms with Gasteiger partial charge in [-0.15, -0.1) is 0 Å². The molecule has 0 aromatic heterocycles. The van der Waals surface area contributed by atoms with E-state index in [-0.39, 0.29) is 18.5 Å². The number of rotatable bonds is 56. The first-order valence-electron chi connectivity index (χ1n) is 30.1. The zero-order valence-electron chi connectivity index (χ0n) is 45.1. The maximum atomic E-state index is 12.4. The Bertz CT molecular complexity index is 1040. The number of hydrogen-bond donors (Lipinski definition) is 3. The normalized spacial score (nSPS) is 12.7. The lowest BCUT2D eigenvalue weighted by Crippen LogP contribution is -2.45. The van der Waals surface area contributed by atoms with Crippen LogP contribution in [-0.4, -0.2) is 47.4 Å². The number of allylic oxidation sites excluding steroid dienone is 3. The predicted molar refractivity (Wildman–Crippen MR) is 292 cm³/mol. The van der Waals surface area contributed by atoms with E-state index in [1.807, 2.05) is 6.08 Å². The lowest BCUT2D eigenvalue weighted by atomic mass is 10.0. The average molecular weight is 945 g/mol. The first kappa shape index (κ1) is 65.3. The van der Waals surface area contributed by atoms with Crippen molar-refractivity contribution in [3.8, 4) is 0 Å². The number of ether oxygens (including phenoxy) is 1. The van der Waals surface area contributed by atoms with E-state index in [1.54, 1.807) is 6.08 Å². The van der Waals surface area contributed by atoms with Crippen LogP contribution in [0.15, 0.2) is 24.3 Å². The maximum Gasteiger partial charge on any atom is 0.305 e. The van der Waals surface area contributed by atoms with Gasteiger partial charge in [0, 0.05) is 12.8 Å². The van der Waals surface area contributed by atoms with Crippen LogP contribution in [0.2, 0.25) is 0 Å². The molecule has 2 unspecified atom stereocenters. The van der Waals surface area contributed by atoms with E-state index in [2.05, 4.69) is 31.3 Å². The molecule has 0 saturated heterocycles. The number of aliphatic hydroxyl groups is 2. The zero-order valence-corrected chi connectivity index (χ0v) is 45.1. The minimum Gasteiger partial charge on any atom is -0.466 e. The number of nitrogens with one attached hydrogen (secondary N) is 1. The van der Waals surface area contributed by atoms with Gasteiger partial charge in [-0.05, 0) is 57.8 Å². The highest BCUT2D eigenvalue weighted by molar-refractivity contribution is 5.76. The summed E-state index contributed by atoms with van der Waals surface area (Å²) in [6, 6.07) is -0.626. The van der Waals surface area contributed by atoms with Crippen molar-refractivity contribution in [2.75, 3.05) is 13.2 Å². The molecule has 6 nitrogen and oxygen atoms in total. The first-order chi connectivity index (χ1) is 33.0. The largest absolute Gasteiger partial charge is 0.466 e. The lowest BCUT2D eigenvalue weighted by molar-refractivity contribution is -0.143. The van der Waals surface area contributed by atoms with Gasteiger partial charge >= 0.3 is 5.97 Å². The summed E-state index contributed by atoms with van der Waals surface area (Å²) in [5.41, 5.74) is 0. The van der Waals surface area contributed by atoms with Crippen molar-refractivity contribution in [3.63, 3.8) is 0 Å². The molecule has 396 valence electrons. The van der Waals surface area contributed by atoms with Crippen LogP contribution < -0.4 is 5.32 Å². The Labute approximate surface area is 418 Å². The van der Waals surface area contributed by atoms with Crippen molar-refractivity contribution in [3.05, 3.63) is 24.3 Å². The second-order valence-electron chi connectivity index (χ2n) is 20.7. The number of hydrogen-bond acceptors (Lipinski definition) is 5. The van der Waals surface area contributed by atoms with Gasteiger partial charge in [-0.2, -0.15) is 0 Å². The van der Waals surface area contributed by atoms with Crippen LogP contribution in [-0.2, 0) is 14.3 Å². The molecule has 0 saturated carbocycles. The number of carbonyl (C=O) groups is 2. The molecular weight excluding hydrogens is 827 g/mol. The molecule has 0 aliphatic heterocycles. The predicted octanol–water partition coefficient (Wildman–Crippen LogP) is 18.6. The monoisotopic (exact) mass is 944 g/mol. The Kier molecular flexibility index (Phi) is 55.5. The fourth-order valence-electron chi connectivity index (χ4n) is 9.34. The molecule has 6 heteroatoms. The Morgan fingerprint density at radius 1 is 0.403 bits per heavy atom. The molecular formula is C61H117NO5. The molecule has 0 aliphatic rings. The van der Waals surface area contributed by atoms with E-state index in [4.69, 9.17) is 4.74 Å². The summed E-state index contributed by atoms with van der Waals surface area (Å²) >= 11 is 0. The molecule has 2 atom stereocenters. The summed E-state index contributed by atoms with van der Waals surface area (Å²) in [6.45, 7) is 4.89. The Morgan fingerprint density at radius 3 is 1.06 bits per heavy atom. The van der Waals surface area contributed by atoms with Crippen molar-refractivity contribution >= 4 is 11.9 Å². The van der Waals surface area contributed by atoms with E-state index in [1.165, 1.54) is 257 Å². The number of esters is 1. The number of unbranched alkanes of at least 4 members (excludes halogenated alkanes) is 43. The fourth-order valence-corrected chi connectivity index (χ4v) is 9.34. The van der Waals surface area contributed by atoms with E-state index in [0.29, 0.717) is 19.4 Å². The summed E-state index contributed by atoms with van der Waals surface area (Å²) in [5, 5.41) is 23.0. The van der Waals surface area contributed by atoms with Crippen LogP contribution in [0.25, 0.3) is 0 Å². The van der Waals surface area contributed by atoms with Crippen LogP contribution in [0, 0.1) is 0 Å². The number of amides is 1. The van der Waals surface area contributed by atoms with E-state index in [9.17, 15) is 19.8 Å². The van der Waals surface area contributed by atoms with Crippen LogP contribution in [0.1, 0.15) is 328 Å². The Morgan fingerprint density at radius 2 is 0.701 bits per heavy atom. The molecule has 0 spiro atoms. The minimum absolute atomic E-state index is 0.00985. The third-order valence-corrected chi connectivity index (χ3v) is 14.0. The highest BCUT2D eigenvalue weighted by Gasteiger charge is 2.18. The maximum absolute atomic E-state index is 12.4. The van der Waals surface area contributed by atoms with Gasteiger partial charge in [0.05, 0.1) is 25.4 Å². The average Bonchev–Trinajstić information content (AvgIpc) is 3.33. The molecule has 0 fully saturated rings. The molecule has 0 radical (unpaired) electrons. The Balaban J connectivity index is 3.35. The summed E-state index contributed by atoms with van der Waals surface area (Å²) in [4.78, 5) is 24.5. The minimum atomic E-state index is -0.842. The highest BCUT2D eigenvalue weighted by atomic mass is 16.5. The second-order valence-corrected chi connectivity index (χ2v) is 20.7. The molecule has 3 N–H and O–H groups in total. The van der Waals surface area contributed by atoms with E-state index >= 15 is 0 Å². The van der Waals surface area contributed by atoms with Crippen LogP contribution in [0.3, 0.4) is 0 Å². The summed E-state index contributed by atoms with van der Waals surface area (Å²) in [7, 11) is 0. The lowest BCUT2D eigenvalue weighted by Gasteiger charge is -2.20. The highest BCUT2D eigenvalue weighted by Crippen LogP contribution is 2.17. The van der Waals surface area contributed by atoms with E-state index in [0.717, 1.165) is 44.9 Å². The van der Waals surface area contributed by atoms with Crippen molar-refractivity contribution in [2.45, 2.75) is 341 Å². The summed E-state index contributed by atoms with van der Waals surface area (Å²) < 4.78 is 5.49. The van der Waals surface area contributed by atoms with E-state index < -0.39 is 12.1 Å². The zero-order chi connectivity index (χ0) is 48.6. The molecule has 0 bridgehead atoms. The summed E-state index contributed by atoms with van der Waals surface area (Å²) in [5.74, 6) is -0.0595. The van der Waals surface area contributed by atoms with Gasteiger partial charge in [0.2, 0.25) is 5.91 Å². The van der Waals surface area contributed by atoms with Gasteiger partial charge in [-0.3, -0.25) is 9.59 Å². The molecule has 0 aromatic rings. The van der Waals surface area contributed by atoms with Crippen LogP contribution in [0.4, 0.5) is 0 Å². The van der Waals surface area contributed by atoms with Crippen molar-refractivity contribution in [1.82, 2.24) is 5.32 Å². The second kappa shape index (κ2) is 56.9. The van der Waals surface area contributed by atoms with Crippen molar-refractivity contribution in [1.29, 1.82) is 0 Å². The smallest absolute Gasteiger partial charge is 0.305 e. The quantitative estimate of drug-likeness (QED) is 0.0321. The third-order valence-electron chi connectivity index (χ3n) is 14.0. The van der Waals surface area contributed by atoms with Gasteiger partial charge < -0.3 is 20.3 Å². The SMILES string of the molecule is CCCCCCCCC/C=C\CCCCCCCCCC(=O)OCCCCCCCCCCCCCCCCCCCCCCCCC(=O)NC(CO)C(O)/C=C/CCCCCCCCCC. The molecule has 0 rings (SSSR count). The fraction of sp³-hybridized carbons (Fsp3) is 0.902. The standard InChI is InChI=1S/C61H117NO5/c1-3-5-7-9-11-13-15-16-17-18-26-29-32-35-39-43-47-51-55-61(66)67-56-52-48-44-40-36-33-30-27-24-22-20-19-21-23-25-28-31-34-38-42-46-50-54-60(65)62-58(57-63)59(64)53-49-45-41-37-14-12-10-8-6-4-2/h17-18,49,53,58-59,63-64H,3-16,19-48,50-52,54-57H2,1-2H3,(H,62,65)/b18-17-,53-49+. The van der Waals surface area contributed by atoms with Crippen LogP contribution in [0.5, 0.6) is 0 Å². The molecule has 0 heterocycles. The third kappa shape index (κ3) is 53.5. The molecule has 1 amide bonds. The summed E-state index contributed by atoms with van der Waals surface area (Å²) in [6.07, 6.45) is 69.3. The molecule has 67 heavy (non-hydrogen) atoms. The first-order valence-corrected chi connectivity index (χ1v) is 30.1. The van der Waals surface area contributed by atoms with Gasteiger partial charge in [-0.1, -0.05) is 282 Å². The molecule has 0 aromatic carbocycles. The van der Waals surface area contributed by atoms with Gasteiger partial charge in [-0.25, -0.2) is 0 Å². The molecule has 0 aliphatic carbocycles.